The summed E-state index contributed by atoms with van der Waals surface area (Å²) in [5.41, 5.74) is 0.991. The van der Waals surface area contributed by atoms with Gasteiger partial charge in [-0.2, -0.15) is 0 Å². The van der Waals surface area contributed by atoms with Crippen molar-refractivity contribution in [1.29, 1.82) is 0 Å². The molecule has 0 aliphatic carbocycles. The van der Waals surface area contributed by atoms with Crippen molar-refractivity contribution in [2.45, 2.75) is 31.5 Å². The van der Waals surface area contributed by atoms with E-state index >= 15 is 0 Å². The molecule has 2 aromatic heterocycles. The molecule has 0 spiro atoms. The quantitative estimate of drug-likeness (QED) is 0.901. The third-order valence-electron chi connectivity index (χ3n) is 4.88. The Morgan fingerprint density at radius 3 is 2.96 bits per heavy atom. The predicted molar refractivity (Wildman–Crippen MR) is 91.7 cm³/mol. The summed E-state index contributed by atoms with van der Waals surface area (Å²) in [7, 11) is 0. The topological polar surface area (TPSA) is 80.2 Å². The van der Waals surface area contributed by atoms with Gasteiger partial charge in [0.1, 0.15) is 0 Å². The smallest absolute Gasteiger partial charge is 0.225 e. The van der Waals surface area contributed by atoms with Crippen molar-refractivity contribution in [1.82, 2.24) is 20.3 Å². The molecule has 130 valence electrons. The molecule has 0 unspecified atom stereocenters. The van der Waals surface area contributed by atoms with Crippen molar-refractivity contribution in [3.8, 4) is 0 Å². The second-order valence-electron chi connectivity index (χ2n) is 6.48. The van der Waals surface area contributed by atoms with E-state index in [1.807, 2.05) is 12.1 Å². The number of ether oxygens (including phenoxy) is 1. The molecule has 2 fully saturated rings. The minimum Gasteiger partial charge on any atom is -0.376 e. The number of pyridine rings is 1. The Bertz CT molecular complexity index is 712. The number of aromatic nitrogens is 3. The molecular formula is C18H21N5O2. The predicted octanol–water partition coefficient (Wildman–Crippen LogP) is 1.17. The van der Waals surface area contributed by atoms with E-state index in [1.54, 1.807) is 30.9 Å². The van der Waals surface area contributed by atoms with Crippen molar-refractivity contribution in [3.05, 3.63) is 48.5 Å². The van der Waals surface area contributed by atoms with Gasteiger partial charge < -0.3 is 15.0 Å². The first-order valence-electron chi connectivity index (χ1n) is 8.63. The molecule has 0 bridgehead atoms. The molecule has 1 amide bonds. The lowest BCUT2D eigenvalue weighted by Gasteiger charge is -2.40. The Balaban J connectivity index is 1.45. The molecule has 0 radical (unpaired) electrons. The zero-order valence-electron chi connectivity index (χ0n) is 13.9. The largest absolute Gasteiger partial charge is 0.376 e. The Morgan fingerprint density at radius 1 is 1.28 bits per heavy atom. The van der Waals surface area contributed by atoms with E-state index in [9.17, 15) is 4.79 Å². The number of amides is 1. The lowest BCUT2D eigenvalue weighted by Crippen LogP contribution is -2.53. The van der Waals surface area contributed by atoms with Crippen LogP contribution in [0.25, 0.3) is 0 Å². The average Bonchev–Trinajstić information content (AvgIpc) is 3.15. The van der Waals surface area contributed by atoms with Gasteiger partial charge >= 0.3 is 0 Å². The van der Waals surface area contributed by atoms with Crippen molar-refractivity contribution < 1.29 is 9.53 Å². The SMILES string of the molecule is O=C(NCc1cccnc1)[C@@H]1C[C@H]2OCC[C@H]2N(c2ncccn2)C1. The summed E-state index contributed by atoms with van der Waals surface area (Å²) >= 11 is 0. The fraction of sp³-hybridized carbons (Fsp3) is 0.444. The Labute approximate surface area is 146 Å². The molecule has 4 rings (SSSR count). The van der Waals surface area contributed by atoms with Crippen LogP contribution in [0.3, 0.4) is 0 Å². The highest BCUT2D eigenvalue weighted by atomic mass is 16.5. The van der Waals surface area contributed by atoms with Crippen LogP contribution < -0.4 is 10.2 Å². The summed E-state index contributed by atoms with van der Waals surface area (Å²) < 4.78 is 5.86. The Morgan fingerprint density at radius 2 is 2.16 bits per heavy atom. The monoisotopic (exact) mass is 339 g/mol. The molecule has 7 nitrogen and oxygen atoms in total. The molecule has 0 saturated carbocycles. The molecule has 25 heavy (non-hydrogen) atoms. The maximum absolute atomic E-state index is 12.7. The molecule has 2 aromatic rings. The van der Waals surface area contributed by atoms with Crippen molar-refractivity contribution in [3.63, 3.8) is 0 Å². The van der Waals surface area contributed by atoms with Crippen LogP contribution in [0, 0.1) is 5.92 Å². The van der Waals surface area contributed by atoms with Crippen molar-refractivity contribution in [2.24, 2.45) is 5.92 Å². The second-order valence-corrected chi connectivity index (χ2v) is 6.48. The molecule has 4 heterocycles. The van der Waals surface area contributed by atoms with Crippen LogP contribution in [-0.2, 0) is 16.1 Å². The zero-order valence-corrected chi connectivity index (χ0v) is 13.9. The van der Waals surface area contributed by atoms with Crippen molar-refractivity contribution >= 4 is 11.9 Å². The summed E-state index contributed by atoms with van der Waals surface area (Å²) in [5, 5.41) is 3.02. The zero-order chi connectivity index (χ0) is 17.1. The lowest BCUT2D eigenvalue weighted by molar-refractivity contribution is -0.126. The van der Waals surface area contributed by atoms with E-state index < -0.39 is 0 Å². The highest BCUT2D eigenvalue weighted by Gasteiger charge is 2.43. The van der Waals surface area contributed by atoms with Gasteiger partial charge in [-0.1, -0.05) is 6.07 Å². The summed E-state index contributed by atoms with van der Waals surface area (Å²) in [5.74, 6) is 0.575. The van der Waals surface area contributed by atoms with Crippen LogP contribution in [0.1, 0.15) is 18.4 Å². The number of rotatable bonds is 4. The number of carbonyl (C=O) groups is 1. The fourth-order valence-electron chi connectivity index (χ4n) is 3.64. The van der Waals surface area contributed by atoms with Crippen molar-refractivity contribution in [2.75, 3.05) is 18.1 Å². The number of carbonyl (C=O) groups excluding carboxylic acids is 1. The van der Waals surface area contributed by atoms with Gasteiger partial charge in [-0.3, -0.25) is 9.78 Å². The van der Waals surface area contributed by atoms with E-state index in [-0.39, 0.29) is 24.0 Å². The summed E-state index contributed by atoms with van der Waals surface area (Å²) in [6.07, 6.45) is 8.72. The molecular weight excluding hydrogens is 318 g/mol. The van der Waals surface area contributed by atoms with Gasteiger partial charge in [0.25, 0.3) is 0 Å². The number of nitrogens with one attached hydrogen (secondary N) is 1. The first-order valence-corrected chi connectivity index (χ1v) is 8.63. The van der Waals surface area contributed by atoms with Gasteiger partial charge in [0.05, 0.1) is 18.1 Å². The molecule has 7 heteroatoms. The van der Waals surface area contributed by atoms with Crippen LogP contribution in [0.4, 0.5) is 5.95 Å². The molecule has 3 atom stereocenters. The van der Waals surface area contributed by atoms with Crippen LogP contribution in [0.15, 0.2) is 43.0 Å². The number of hydrogen-bond acceptors (Lipinski definition) is 6. The number of nitrogens with zero attached hydrogens (tertiary/aromatic N) is 4. The highest BCUT2D eigenvalue weighted by molar-refractivity contribution is 5.79. The van der Waals surface area contributed by atoms with Gasteiger partial charge in [-0.15, -0.1) is 0 Å². The van der Waals surface area contributed by atoms with Gasteiger partial charge in [-0.05, 0) is 30.5 Å². The van der Waals surface area contributed by atoms with Gasteiger partial charge in [0.2, 0.25) is 11.9 Å². The maximum atomic E-state index is 12.7. The number of piperidine rings is 1. The minimum absolute atomic E-state index is 0.0405. The fourth-order valence-corrected chi connectivity index (χ4v) is 3.64. The van der Waals surface area contributed by atoms with Crippen LogP contribution in [-0.4, -0.2) is 46.2 Å². The summed E-state index contributed by atoms with van der Waals surface area (Å²) in [4.78, 5) is 27.6. The molecule has 2 aliphatic heterocycles. The summed E-state index contributed by atoms with van der Waals surface area (Å²) in [6, 6.07) is 5.88. The van der Waals surface area contributed by atoms with E-state index in [2.05, 4.69) is 25.2 Å². The Kier molecular flexibility index (Phi) is 4.56. The molecule has 0 aromatic carbocycles. The van der Waals surface area contributed by atoms with Gasteiger partial charge in [0.15, 0.2) is 0 Å². The lowest BCUT2D eigenvalue weighted by atomic mass is 9.89. The van der Waals surface area contributed by atoms with Gasteiger partial charge in [-0.25, -0.2) is 9.97 Å². The third kappa shape index (κ3) is 3.46. The summed E-state index contributed by atoms with van der Waals surface area (Å²) in [6.45, 7) is 1.83. The third-order valence-corrected chi connectivity index (χ3v) is 4.88. The highest BCUT2D eigenvalue weighted by Crippen LogP contribution is 2.33. The van der Waals surface area contributed by atoms with E-state index in [0.717, 1.165) is 25.0 Å². The molecule has 2 aliphatic rings. The minimum atomic E-state index is -0.139. The van der Waals surface area contributed by atoms with Crippen LogP contribution in [0.2, 0.25) is 0 Å². The second kappa shape index (κ2) is 7.14. The standard InChI is InChI=1S/C18H21N5O2/c24-17(22-11-13-3-1-5-19-10-13)14-9-16-15(4-8-25-16)23(12-14)18-20-6-2-7-21-18/h1-3,5-7,10,14-16H,4,8-9,11-12H2,(H,22,24)/t14-,15-,16-/m1/s1. The maximum Gasteiger partial charge on any atom is 0.225 e. The Hall–Kier alpha value is -2.54. The first-order chi connectivity index (χ1) is 12.3. The van der Waals surface area contributed by atoms with E-state index in [0.29, 0.717) is 19.0 Å². The average molecular weight is 339 g/mol. The van der Waals surface area contributed by atoms with Gasteiger partial charge in [0, 0.05) is 44.5 Å². The molecule has 2 saturated heterocycles. The number of fused-ring (bicyclic) bond motifs is 1. The van der Waals surface area contributed by atoms with E-state index in [1.165, 1.54) is 0 Å². The number of hydrogen-bond donors (Lipinski definition) is 1. The first kappa shape index (κ1) is 16.0. The number of anilines is 1. The van der Waals surface area contributed by atoms with Crippen LogP contribution >= 0.6 is 0 Å². The molecule has 1 N–H and O–H groups in total. The normalized spacial score (nSPS) is 25.4. The van der Waals surface area contributed by atoms with E-state index in [4.69, 9.17) is 4.74 Å². The van der Waals surface area contributed by atoms with Crippen LogP contribution in [0.5, 0.6) is 0 Å².